The fourth-order valence-corrected chi connectivity index (χ4v) is 3.15. The summed E-state index contributed by atoms with van der Waals surface area (Å²) in [6.07, 6.45) is -4.10. The third kappa shape index (κ3) is 2.75. The van der Waals surface area contributed by atoms with E-state index in [0.717, 1.165) is 0 Å². The van der Waals surface area contributed by atoms with Gasteiger partial charge in [0.2, 0.25) is 0 Å². The first-order chi connectivity index (χ1) is 10.7. The Kier molecular flexibility index (Phi) is 3.74. The van der Waals surface area contributed by atoms with E-state index in [4.69, 9.17) is 0 Å². The molecule has 0 amide bonds. The lowest BCUT2D eigenvalue weighted by molar-refractivity contribution is -0.189. The second kappa shape index (κ2) is 5.36. The molecule has 1 fully saturated rings. The lowest BCUT2D eigenvalue weighted by Crippen LogP contribution is -2.39. The zero-order valence-electron chi connectivity index (χ0n) is 13.2. The van der Waals surface area contributed by atoms with Crippen molar-refractivity contribution >= 4 is 5.65 Å². The molecule has 1 aliphatic rings. The lowest BCUT2D eigenvalue weighted by Gasteiger charge is -2.37. The van der Waals surface area contributed by atoms with Crippen molar-refractivity contribution in [3.8, 4) is 0 Å². The predicted molar refractivity (Wildman–Crippen MR) is 79.4 cm³/mol. The van der Waals surface area contributed by atoms with Gasteiger partial charge in [-0.3, -0.25) is 14.8 Å². The molecule has 3 rings (SSSR count). The van der Waals surface area contributed by atoms with Crippen LogP contribution in [0.3, 0.4) is 0 Å². The van der Waals surface area contributed by atoms with Crippen molar-refractivity contribution in [3.05, 3.63) is 33.4 Å². The summed E-state index contributed by atoms with van der Waals surface area (Å²) in [5.41, 5.74) is 1.98. The minimum atomic E-state index is -4.19. The van der Waals surface area contributed by atoms with Gasteiger partial charge in [0.15, 0.2) is 5.65 Å². The molecule has 0 aromatic carbocycles. The fourth-order valence-electron chi connectivity index (χ4n) is 3.15. The standard InChI is InChI=1S/C15H19F3N4O/c1-8-9(2)19-13-7-11(20-22(13)14(8)23)12-6-10(15(16,17)18)4-5-21(12)3/h7,10,12,20H,4-6H2,1-3H3. The van der Waals surface area contributed by atoms with Gasteiger partial charge in [-0.25, -0.2) is 9.50 Å². The van der Waals surface area contributed by atoms with Crippen LogP contribution in [0.25, 0.3) is 5.65 Å². The highest BCUT2D eigenvalue weighted by atomic mass is 19.4. The van der Waals surface area contributed by atoms with Gasteiger partial charge in [-0.15, -0.1) is 0 Å². The quantitative estimate of drug-likeness (QED) is 0.875. The highest BCUT2D eigenvalue weighted by molar-refractivity contribution is 5.42. The number of hydrogen-bond acceptors (Lipinski definition) is 3. The zero-order chi connectivity index (χ0) is 16.9. The number of aromatic nitrogens is 3. The Labute approximate surface area is 131 Å². The number of aryl methyl sites for hydroxylation is 1. The number of nitrogens with one attached hydrogen (secondary N) is 1. The smallest absolute Gasteiger partial charge is 0.298 e. The molecular formula is C15H19F3N4O. The second-order valence-corrected chi connectivity index (χ2v) is 6.29. The molecule has 1 aliphatic heterocycles. The number of aromatic amines is 1. The summed E-state index contributed by atoms with van der Waals surface area (Å²) in [5, 5.41) is 2.94. The van der Waals surface area contributed by atoms with E-state index < -0.39 is 18.1 Å². The summed E-state index contributed by atoms with van der Waals surface area (Å²) in [6.45, 7) is 3.80. The van der Waals surface area contributed by atoms with Crippen molar-refractivity contribution in [1.82, 2.24) is 19.5 Å². The summed E-state index contributed by atoms with van der Waals surface area (Å²) in [7, 11) is 1.80. The van der Waals surface area contributed by atoms with Crippen LogP contribution in [0, 0.1) is 19.8 Å². The van der Waals surface area contributed by atoms with Crippen LogP contribution in [0.15, 0.2) is 10.9 Å². The van der Waals surface area contributed by atoms with Crippen molar-refractivity contribution in [3.63, 3.8) is 0 Å². The summed E-state index contributed by atoms with van der Waals surface area (Å²) in [5.74, 6) is -1.32. The monoisotopic (exact) mass is 328 g/mol. The zero-order valence-corrected chi connectivity index (χ0v) is 13.2. The molecule has 5 nitrogen and oxygen atoms in total. The summed E-state index contributed by atoms with van der Waals surface area (Å²) < 4.78 is 40.4. The summed E-state index contributed by atoms with van der Waals surface area (Å²) >= 11 is 0. The highest BCUT2D eigenvalue weighted by Crippen LogP contribution is 2.41. The van der Waals surface area contributed by atoms with E-state index in [0.29, 0.717) is 29.1 Å². The molecular weight excluding hydrogens is 309 g/mol. The van der Waals surface area contributed by atoms with Crippen molar-refractivity contribution in [2.45, 2.75) is 38.9 Å². The second-order valence-electron chi connectivity index (χ2n) is 6.29. The Morgan fingerprint density at radius 3 is 2.70 bits per heavy atom. The van der Waals surface area contributed by atoms with E-state index in [-0.39, 0.29) is 18.4 Å². The fraction of sp³-hybridized carbons (Fsp3) is 0.600. The topological polar surface area (TPSA) is 53.4 Å². The van der Waals surface area contributed by atoms with E-state index >= 15 is 0 Å². The summed E-state index contributed by atoms with van der Waals surface area (Å²) in [4.78, 5) is 18.5. The van der Waals surface area contributed by atoms with Crippen LogP contribution in [-0.4, -0.2) is 39.3 Å². The van der Waals surface area contributed by atoms with Crippen LogP contribution in [0.1, 0.15) is 35.8 Å². The molecule has 2 aromatic rings. The largest absolute Gasteiger partial charge is 0.391 e. The van der Waals surface area contributed by atoms with Crippen LogP contribution in [0.2, 0.25) is 0 Å². The first kappa shape index (κ1) is 16.0. The molecule has 2 atom stereocenters. The number of piperidine rings is 1. The molecule has 0 aliphatic carbocycles. The van der Waals surface area contributed by atoms with Crippen molar-refractivity contribution in [1.29, 1.82) is 0 Å². The summed E-state index contributed by atoms with van der Waals surface area (Å²) in [6, 6.07) is 1.27. The van der Waals surface area contributed by atoms with E-state index in [1.165, 1.54) is 4.52 Å². The van der Waals surface area contributed by atoms with Gasteiger partial charge in [-0.2, -0.15) is 13.2 Å². The molecule has 0 bridgehead atoms. The minimum Gasteiger partial charge on any atom is -0.298 e. The Morgan fingerprint density at radius 2 is 2.04 bits per heavy atom. The molecule has 23 heavy (non-hydrogen) atoms. The van der Waals surface area contributed by atoms with Gasteiger partial charge in [-0.1, -0.05) is 0 Å². The average molecular weight is 328 g/mol. The molecule has 2 aromatic heterocycles. The van der Waals surface area contributed by atoms with E-state index in [2.05, 4.69) is 10.1 Å². The maximum atomic E-state index is 13.0. The molecule has 0 radical (unpaired) electrons. The van der Waals surface area contributed by atoms with Gasteiger partial charge < -0.3 is 0 Å². The predicted octanol–water partition coefficient (Wildman–Crippen LogP) is 2.58. The number of likely N-dealkylation sites (tertiary alicyclic amines) is 1. The number of halogens is 3. The van der Waals surface area contributed by atoms with Crippen molar-refractivity contribution in [2.24, 2.45) is 5.92 Å². The first-order valence-corrected chi connectivity index (χ1v) is 7.54. The number of fused-ring (bicyclic) bond motifs is 1. The van der Waals surface area contributed by atoms with E-state index in [1.807, 2.05) is 4.90 Å². The number of nitrogens with zero attached hydrogens (tertiary/aromatic N) is 3. The normalized spacial score (nSPS) is 23.6. The molecule has 1 N–H and O–H groups in total. The molecule has 8 heteroatoms. The minimum absolute atomic E-state index is 0.0143. The Morgan fingerprint density at radius 1 is 1.35 bits per heavy atom. The number of H-pyrrole nitrogens is 1. The average Bonchev–Trinajstić information content (AvgIpc) is 2.88. The van der Waals surface area contributed by atoms with Gasteiger partial charge in [-0.05, 0) is 40.3 Å². The van der Waals surface area contributed by atoms with Crippen LogP contribution in [-0.2, 0) is 0 Å². The van der Waals surface area contributed by atoms with Gasteiger partial charge in [0, 0.05) is 17.3 Å². The Balaban J connectivity index is 2.02. The van der Waals surface area contributed by atoms with Crippen molar-refractivity contribution in [2.75, 3.05) is 13.6 Å². The van der Waals surface area contributed by atoms with Crippen LogP contribution in [0.5, 0.6) is 0 Å². The Hall–Kier alpha value is -1.83. The molecule has 3 heterocycles. The Bertz CT molecular complexity index is 792. The molecule has 2 unspecified atom stereocenters. The molecule has 126 valence electrons. The molecule has 0 saturated carbocycles. The lowest BCUT2D eigenvalue weighted by atomic mass is 9.89. The van der Waals surface area contributed by atoms with Crippen LogP contribution in [0.4, 0.5) is 13.2 Å². The first-order valence-electron chi connectivity index (χ1n) is 7.54. The molecule has 0 spiro atoms. The van der Waals surface area contributed by atoms with E-state index in [9.17, 15) is 18.0 Å². The van der Waals surface area contributed by atoms with Gasteiger partial charge in [0.05, 0.1) is 17.7 Å². The number of hydrogen-bond donors (Lipinski definition) is 1. The highest BCUT2D eigenvalue weighted by Gasteiger charge is 2.44. The number of rotatable bonds is 1. The maximum Gasteiger partial charge on any atom is 0.391 e. The third-order valence-electron chi connectivity index (χ3n) is 4.80. The van der Waals surface area contributed by atoms with Gasteiger partial charge in [0.1, 0.15) is 0 Å². The SMILES string of the molecule is Cc1nc2cc(C3CC(C(F)(F)F)CCN3C)[nH]n2c(=O)c1C. The van der Waals surface area contributed by atoms with Crippen LogP contribution < -0.4 is 5.56 Å². The molecule has 1 saturated heterocycles. The number of alkyl halides is 3. The third-order valence-corrected chi connectivity index (χ3v) is 4.80. The van der Waals surface area contributed by atoms with E-state index in [1.54, 1.807) is 27.0 Å². The van der Waals surface area contributed by atoms with Gasteiger partial charge >= 0.3 is 6.18 Å². The van der Waals surface area contributed by atoms with Gasteiger partial charge in [0.25, 0.3) is 5.56 Å². The van der Waals surface area contributed by atoms with Crippen LogP contribution >= 0.6 is 0 Å². The maximum absolute atomic E-state index is 13.0. The van der Waals surface area contributed by atoms with Crippen molar-refractivity contribution < 1.29 is 13.2 Å².